The number of nitrogens with zero attached hydrogens (tertiary/aromatic N) is 2. The van der Waals surface area contributed by atoms with Gasteiger partial charge in [0.25, 0.3) is 0 Å². The summed E-state index contributed by atoms with van der Waals surface area (Å²) in [5, 5.41) is 8.16. The van der Waals surface area contributed by atoms with Crippen LogP contribution in [0.15, 0.2) is 41.4 Å². The summed E-state index contributed by atoms with van der Waals surface area (Å²) < 4.78 is 1.94. The van der Waals surface area contributed by atoms with E-state index in [2.05, 4.69) is 21.7 Å². The maximum absolute atomic E-state index is 5.92. The molecule has 0 unspecified atom stereocenters. The van der Waals surface area contributed by atoms with Gasteiger partial charge in [-0.15, -0.1) is 0 Å². The Morgan fingerprint density at radius 3 is 3.06 bits per heavy atom. The van der Waals surface area contributed by atoms with E-state index < -0.39 is 0 Å². The van der Waals surface area contributed by atoms with Gasteiger partial charge in [-0.05, 0) is 23.6 Å². The second-order valence-electron chi connectivity index (χ2n) is 3.71. The van der Waals surface area contributed by atoms with E-state index in [1.165, 1.54) is 0 Å². The normalized spacial score (nSPS) is 10.9. The molecule has 0 atom stereocenters. The van der Waals surface area contributed by atoms with Crippen molar-refractivity contribution in [3.63, 3.8) is 0 Å². The summed E-state index contributed by atoms with van der Waals surface area (Å²) in [4.78, 5) is 4.50. The monoisotopic (exact) mass is 263 g/mol. The van der Waals surface area contributed by atoms with Crippen LogP contribution in [0.2, 0.25) is 5.02 Å². The number of halogens is 1. The van der Waals surface area contributed by atoms with Crippen molar-refractivity contribution in [3.8, 4) is 0 Å². The van der Waals surface area contributed by atoms with E-state index in [4.69, 9.17) is 11.6 Å². The Hall–Kier alpha value is -1.52. The van der Waals surface area contributed by atoms with E-state index in [-0.39, 0.29) is 0 Å². The molecule has 0 bridgehead atoms. The van der Waals surface area contributed by atoms with E-state index in [0.717, 1.165) is 23.6 Å². The molecule has 0 aliphatic rings. The number of fused-ring (bicyclic) bond motifs is 1. The molecular weight excluding hydrogens is 254 g/mol. The lowest BCUT2D eigenvalue weighted by Gasteiger charge is -1.98. The highest BCUT2D eigenvalue weighted by Gasteiger charge is 2.02. The lowest BCUT2D eigenvalue weighted by atomic mass is 10.4. The molecule has 0 aromatic carbocycles. The van der Waals surface area contributed by atoms with Crippen LogP contribution in [0.5, 0.6) is 0 Å². The smallest absolute Gasteiger partial charge is 0.137 e. The summed E-state index contributed by atoms with van der Waals surface area (Å²) in [6.07, 6.45) is 3.85. The predicted octanol–water partition coefficient (Wildman–Crippen LogP) is 3.66. The number of aromatic nitrogens is 2. The minimum absolute atomic E-state index is 0.715. The largest absolute Gasteiger partial charge is 0.379 e. The third-order valence-corrected chi connectivity index (χ3v) is 3.37. The fourth-order valence-corrected chi connectivity index (χ4v) is 2.44. The summed E-state index contributed by atoms with van der Waals surface area (Å²) in [6.45, 7) is 0.718. The summed E-state index contributed by atoms with van der Waals surface area (Å²) in [6, 6.07) is 5.81. The molecule has 0 saturated heterocycles. The lowest BCUT2D eigenvalue weighted by Crippen LogP contribution is -1.97. The van der Waals surface area contributed by atoms with Crippen molar-refractivity contribution in [2.45, 2.75) is 6.54 Å². The van der Waals surface area contributed by atoms with Gasteiger partial charge < -0.3 is 9.72 Å². The van der Waals surface area contributed by atoms with Gasteiger partial charge in [0.05, 0.1) is 17.3 Å². The molecule has 3 rings (SSSR count). The van der Waals surface area contributed by atoms with Gasteiger partial charge in [0.15, 0.2) is 0 Å². The van der Waals surface area contributed by atoms with Gasteiger partial charge >= 0.3 is 0 Å². The molecule has 86 valence electrons. The molecule has 0 spiro atoms. The maximum atomic E-state index is 5.92. The van der Waals surface area contributed by atoms with Crippen molar-refractivity contribution in [2.75, 3.05) is 5.32 Å². The highest BCUT2D eigenvalue weighted by atomic mass is 35.5. The number of thiophene rings is 1. The van der Waals surface area contributed by atoms with Gasteiger partial charge in [0.1, 0.15) is 5.65 Å². The Morgan fingerprint density at radius 1 is 1.29 bits per heavy atom. The van der Waals surface area contributed by atoms with Crippen molar-refractivity contribution in [3.05, 3.63) is 52.1 Å². The van der Waals surface area contributed by atoms with E-state index in [1.807, 2.05) is 34.3 Å². The highest BCUT2D eigenvalue weighted by Crippen LogP contribution is 2.15. The van der Waals surface area contributed by atoms with Crippen molar-refractivity contribution < 1.29 is 0 Å². The van der Waals surface area contributed by atoms with Crippen molar-refractivity contribution >= 4 is 34.3 Å². The molecule has 1 N–H and O–H groups in total. The molecule has 3 aromatic rings. The van der Waals surface area contributed by atoms with E-state index in [0.29, 0.717) is 5.02 Å². The number of pyridine rings is 1. The zero-order valence-corrected chi connectivity index (χ0v) is 10.5. The number of hydrogen-bond donors (Lipinski definition) is 1. The molecule has 3 nitrogen and oxygen atoms in total. The predicted molar refractivity (Wildman–Crippen MR) is 71.8 cm³/mol. The minimum Gasteiger partial charge on any atom is -0.379 e. The van der Waals surface area contributed by atoms with Gasteiger partial charge in [-0.3, -0.25) is 0 Å². The Labute approximate surface area is 108 Å². The molecule has 0 radical (unpaired) electrons. The first-order valence-electron chi connectivity index (χ1n) is 5.20. The lowest BCUT2D eigenvalue weighted by molar-refractivity contribution is 1.08. The third kappa shape index (κ3) is 2.28. The number of hydrogen-bond acceptors (Lipinski definition) is 3. The Bertz CT molecular complexity index is 630. The quantitative estimate of drug-likeness (QED) is 0.781. The molecular formula is C12H10ClN3S. The summed E-state index contributed by atoms with van der Waals surface area (Å²) in [5.74, 6) is 0. The summed E-state index contributed by atoms with van der Waals surface area (Å²) >= 11 is 7.60. The van der Waals surface area contributed by atoms with Crippen LogP contribution in [0, 0.1) is 0 Å². The van der Waals surface area contributed by atoms with Crippen LogP contribution in [-0.4, -0.2) is 9.38 Å². The molecule has 17 heavy (non-hydrogen) atoms. The molecule has 0 amide bonds. The van der Waals surface area contributed by atoms with Crippen LogP contribution in [0.25, 0.3) is 5.65 Å². The zero-order chi connectivity index (χ0) is 11.7. The van der Waals surface area contributed by atoms with E-state index in [1.54, 1.807) is 11.3 Å². The average molecular weight is 264 g/mol. The van der Waals surface area contributed by atoms with Crippen LogP contribution in [0.3, 0.4) is 0 Å². The fourth-order valence-electron chi connectivity index (χ4n) is 1.66. The molecule has 5 heteroatoms. The van der Waals surface area contributed by atoms with Crippen LogP contribution >= 0.6 is 22.9 Å². The molecule has 3 heterocycles. The zero-order valence-electron chi connectivity index (χ0n) is 8.93. The number of imidazole rings is 1. The van der Waals surface area contributed by atoms with Gasteiger partial charge in [-0.1, -0.05) is 11.6 Å². The van der Waals surface area contributed by atoms with Gasteiger partial charge in [0.2, 0.25) is 0 Å². The Balaban J connectivity index is 1.81. The summed E-state index contributed by atoms with van der Waals surface area (Å²) in [7, 11) is 0. The van der Waals surface area contributed by atoms with Gasteiger partial charge in [-0.25, -0.2) is 4.98 Å². The first-order chi connectivity index (χ1) is 8.31. The Kier molecular flexibility index (Phi) is 2.74. The van der Waals surface area contributed by atoms with Crippen LogP contribution < -0.4 is 5.32 Å². The van der Waals surface area contributed by atoms with E-state index in [9.17, 15) is 0 Å². The topological polar surface area (TPSA) is 29.3 Å². The van der Waals surface area contributed by atoms with Gasteiger partial charge in [0, 0.05) is 23.5 Å². The fraction of sp³-hybridized carbons (Fsp3) is 0.0833. The number of nitrogens with one attached hydrogen (secondary N) is 1. The molecule has 0 aliphatic carbocycles. The standard InChI is InChI=1S/C12H10ClN3S/c13-9-1-2-12-15-11(7-16(12)6-9)5-14-10-3-4-17-8-10/h1-4,6-8,14H,5H2. The Morgan fingerprint density at radius 2 is 2.24 bits per heavy atom. The maximum Gasteiger partial charge on any atom is 0.137 e. The second kappa shape index (κ2) is 4.39. The number of anilines is 1. The number of rotatable bonds is 3. The van der Waals surface area contributed by atoms with Crippen molar-refractivity contribution in [1.82, 2.24) is 9.38 Å². The first-order valence-corrected chi connectivity index (χ1v) is 6.52. The molecule has 3 aromatic heterocycles. The van der Waals surface area contributed by atoms with Crippen LogP contribution in [0.4, 0.5) is 5.69 Å². The average Bonchev–Trinajstić information content (AvgIpc) is 2.94. The third-order valence-electron chi connectivity index (χ3n) is 2.46. The first kappa shape index (κ1) is 10.6. The molecule has 0 saturated carbocycles. The molecule has 0 fully saturated rings. The van der Waals surface area contributed by atoms with Crippen molar-refractivity contribution in [1.29, 1.82) is 0 Å². The summed E-state index contributed by atoms with van der Waals surface area (Å²) in [5.41, 5.74) is 3.04. The minimum atomic E-state index is 0.715. The van der Waals surface area contributed by atoms with E-state index >= 15 is 0 Å². The SMILES string of the molecule is Clc1ccc2nc(CNc3ccsc3)cn2c1. The van der Waals surface area contributed by atoms with Crippen molar-refractivity contribution in [2.24, 2.45) is 0 Å². The van der Waals surface area contributed by atoms with Crippen LogP contribution in [-0.2, 0) is 6.54 Å². The molecule has 0 aliphatic heterocycles. The second-order valence-corrected chi connectivity index (χ2v) is 4.93. The van der Waals surface area contributed by atoms with Gasteiger partial charge in [-0.2, -0.15) is 11.3 Å². The van der Waals surface area contributed by atoms with Crippen LogP contribution in [0.1, 0.15) is 5.69 Å². The highest BCUT2D eigenvalue weighted by molar-refractivity contribution is 7.08.